The summed E-state index contributed by atoms with van der Waals surface area (Å²) in [5.74, 6) is 0.572. The number of carbonyl (C=O) groups is 3. The molecular formula is C47H59N9O5. The van der Waals surface area contributed by atoms with Gasteiger partial charge < -0.3 is 46.3 Å². The zero-order chi connectivity index (χ0) is 42.9. The molecular weight excluding hydrogens is 771 g/mol. The van der Waals surface area contributed by atoms with Crippen LogP contribution in [0.5, 0.6) is 5.75 Å². The number of allylic oxidation sites excluding steroid dienone is 1. The third-order valence-electron chi connectivity index (χ3n) is 13.0. The molecule has 0 bridgehead atoms. The Kier molecular flexibility index (Phi) is 12.0. The molecule has 1 unspecified atom stereocenters. The molecule has 4 fully saturated rings. The minimum atomic E-state index is -0.359. The number of anilines is 1. The molecule has 4 aliphatic rings. The summed E-state index contributed by atoms with van der Waals surface area (Å²) in [5.41, 5.74) is 26.0. The van der Waals surface area contributed by atoms with E-state index in [1.165, 1.54) is 5.69 Å². The standard InChI is InChI=1S/C47H59N9O5/c1-29-23-33(11-12-35(29)43-28-54(26-31(3)61-43)41(45(49)50)25-38(48)36-7-4-5-10-42(36)57)46(59)53-20-13-32(14-21-53)27-52-18-15-34(16-19-52)56-30(2)24-37-39(8-6-9-40(37)56)55-22-17-44(58)51-47(55)60/h4-12,23-25,31-32,34,43,57H,13-22,26-28,48-50H2,1-3H3,(H,51,58,60)/b38-25-/t31-,43?/m1/s1. The minimum Gasteiger partial charge on any atom is -0.507 e. The number of nitrogens with zero attached hydrogens (tertiary/aromatic N) is 5. The molecule has 5 heterocycles. The van der Waals surface area contributed by atoms with Crippen molar-refractivity contribution in [1.82, 2.24) is 24.6 Å². The average molecular weight is 830 g/mol. The number of morpholine rings is 1. The topological polar surface area (TPSA) is 189 Å². The Balaban J connectivity index is 0.845. The van der Waals surface area contributed by atoms with E-state index in [-0.39, 0.29) is 41.6 Å². The van der Waals surface area contributed by atoms with Crippen molar-refractivity contribution in [3.8, 4) is 5.75 Å². The van der Waals surface area contributed by atoms with E-state index in [0.29, 0.717) is 60.5 Å². The van der Waals surface area contributed by atoms with Crippen LogP contribution in [0.25, 0.3) is 16.6 Å². The number of urea groups is 1. The van der Waals surface area contributed by atoms with E-state index in [1.54, 1.807) is 35.2 Å². The largest absolute Gasteiger partial charge is 0.507 e. The summed E-state index contributed by atoms with van der Waals surface area (Å²) in [4.78, 5) is 46.6. The summed E-state index contributed by atoms with van der Waals surface area (Å²) < 4.78 is 8.87. The lowest BCUT2D eigenvalue weighted by atomic mass is 9.93. The van der Waals surface area contributed by atoms with E-state index in [2.05, 4.69) is 38.7 Å². The van der Waals surface area contributed by atoms with Gasteiger partial charge in [0.1, 0.15) is 17.7 Å². The Bertz CT molecular complexity index is 2370. The number of hydrogen-bond donors (Lipinski definition) is 5. The molecule has 4 amide bonds. The molecule has 4 saturated heterocycles. The zero-order valence-electron chi connectivity index (χ0n) is 35.5. The highest BCUT2D eigenvalue weighted by Gasteiger charge is 2.32. The summed E-state index contributed by atoms with van der Waals surface area (Å²) in [5, 5.41) is 13.9. The molecule has 322 valence electrons. The number of fused-ring (bicyclic) bond motifs is 1. The maximum Gasteiger partial charge on any atom is 0.328 e. The van der Waals surface area contributed by atoms with Crippen molar-refractivity contribution in [1.29, 1.82) is 0 Å². The summed E-state index contributed by atoms with van der Waals surface area (Å²) in [6, 6.07) is 21.1. The number of hydrogen-bond acceptors (Lipinski definition) is 10. The second-order valence-corrected chi connectivity index (χ2v) is 17.3. The highest BCUT2D eigenvalue weighted by atomic mass is 16.5. The molecule has 0 spiro atoms. The smallest absolute Gasteiger partial charge is 0.328 e. The number of rotatable bonds is 9. The van der Waals surface area contributed by atoms with Crippen molar-refractivity contribution in [3.05, 3.63) is 112 Å². The number of para-hydroxylation sites is 1. The number of phenolic OH excluding ortho intramolecular Hbond substituents is 1. The van der Waals surface area contributed by atoms with Gasteiger partial charge in [0.15, 0.2) is 0 Å². The van der Waals surface area contributed by atoms with Gasteiger partial charge in [0.25, 0.3) is 5.91 Å². The summed E-state index contributed by atoms with van der Waals surface area (Å²) in [6.07, 6.45) is 5.64. The van der Waals surface area contributed by atoms with Gasteiger partial charge >= 0.3 is 6.03 Å². The Hall–Kier alpha value is -5.99. The van der Waals surface area contributed by atoms with Crippen molar-refractivity contribution in [2.75, 3.05) is 57.3 Å². The Morgan fingerprint density at radius 2 is 1.64 bits per heavy atom. The van der Waals surface area contributed by atoms with Crippen LogP contribution in [0.1, 0.15) is 83.9 Å². The minimum absolute atomic E-state index is 0.0613. The van der Waals surface area contributed by atoms with Gasteiger partial charge in [0, 0.05) is 92.7 Å². The predicted molar refractivity (Wildman–Crippen MR) is 237 cm³/mol. The summed E-state index contributed by atoms with van der Waals surface area (Å²) in [6.45, 7) is 12.2. The van der Waals surface area contributed by atoms with E-state index in [0.717, 1.165) is 86.1 Å². The molecule has 0 aliphatic carbocycles. The first-order valence-electron chi connectivity index (χ1n) is 21.6. The number of piperidine rings is 2. The molecule has 0 saturated carbocycles. The highest BCUT2D eigenvalue weighted by Crippen LogP contribution is 2.37. The van der Waals surface area contributed by atoms with E-state index >= 15 is 0 Å². The van der Waals surface area contributed by atoms with Crippen LogP contribution in [0, 0.1) is 19.8 Å². The van der Waals surface area contributed by atoms with E-state index < -0.39 is 0 Å². The van der Waals surface area contributed by atoms with Crippen molar-refractivity contribution in [2.45, 2.75) is 71.1 Å². The summed E-state index contributed by atoms with van der Waals surface area (Å²) >= 11 is 0. The maximum absolute atomic E-state index is 13.8. The maximum atomic E-state index is 13.8. The number of ether oxygens (including phenoxy) is 1. The average Bonchev–Trinajstić information content (AvgIpc) is 3.58. The number of carbonyl (C=O) groups excluding carboxylic acids is 3. The molecule has 1 aromatic heterocycles. The van der Waals surface area contributed by atoms with Crippen molar-refractivity contribution >= 4 is 40.1 Å². The van der Waals surface area contributed by atoms with Gasteiger partial charge in [-0.1, -0.05) is 24.3 Å². The zero-order valence-corrected chi connectivity index (χ0v) is 35.5. The second-order valence-electron chi connectivity index (χ2n) is 17.3. The molecule has 0 radical (unpaired) electrons. The number of amides is 4. The van der Waals surface area contributed by atoms with Crippen LogP contribution in [0.3, 0.4) is 0 Å². The van der Waals surface area contributed by atoms with Crippen molar-refractivity contribution in [3.63, 3.8) is 0 Å². The highest BCUT2D eigenvalue weighted by molar-refractivity contribution is 6.09. The third-order valence-corrected chi connectivity index (χ3v) is 13.0. The number of aryl methyl sites for hydroxylation is 2. The molecule has 14 heteroatoms. The quantitative estimate of drug-likeness (QED) is 0.136. The van der Waals surface area contributed by atoms with Crippen LogP contribution in [0.2, 0.25) is 0 Å². The molecule has 4 aliphatic heterocycles. The first-order chi connectivity index (χ1) is 29.3. The molecule has 8 N–H and O–H groups in total. The van der Waals surface area contributed by atoms with E-state index in [1.807, 2.05) is 49.1 Å². The van der Waals surface area contributed by atoms with E-state index in [4.69, 9.17) is 21.9 Å². The fraction of sp³-hybridized carbons (Fsp3) is 0.426. The number of aromatic hydroxyl groups is 1. The molecule has 61 heavy (non-hydrogen) atoms. The number of benzene rings is 3. The second kappa shape index (κ2) is 17.5. The van der Waals surface area contributed by atoms with Gasteiger partial charge in [-0.05, 0) is 112 Å². The summed E-state index contributed by atoms with van der Waals surface area (Å²) in [7, 11) is 0. The van der Waals surface area contributed by atoms with Gasteiger partial charge in [-0.25, -0.2) is 4.79 Å². The van der Waals surface area contributed by atoms with Gasteiger partial charge in [-0.15, -0.1) is 0 Å². The van der Waals surface area contributed by atoms with Crippen LogP contribution in [0.4, 0.5) is 10.5 Å². The predicted octanol–water partition coefficient (Wildman–Crippen LogP) is 5.45. The van der Waals surface area contributed by atoms with Crippen molar-refractivity contribution in [2.24, 2.45) is 23.1 Å². The number of nitrogens with one attached hydrogen (secondary N) is 1. The normalized spacial score (nSPS) is 21.2. The number of imide groups is 1. The Morgan fingerprint density at radius 1 is 0.885 bits per heavy atom. The Labute approximate surface area is 357 Å². The van der Waals surface area contributed by atoms with Crippen LogP contribution in [-0.4, -0.2) is 101 Å². The fourth-order valence-corrected chi connectivity index (χ4v) is 9.90. The van der Waals surface area contributed by atoms with Gasteiger partial charge in [-0.3, -0.25) is 19.8 Å². The Morgan fingerprint density at radius 3 is 2.34 bits per heavy atom. The lowest BCUT2D eigenvalue weighted by Gasteiger charge is -2.39. The fourth-order valence-electron chi connectivity index (χ4n) is 9.90. The third kappa shape index (κ3) is 8.78. The molecule has 3 aromatic carbocycles. The van der Waals surface area contributed by atoms with Gasteiger partial charge in [0.2, 0.25) is 5.91 Å². The molecule has 8 rings (SSSR count). The molecule has 2 atom stereocenters. The first kappa shape index (κ1) is 41.7. The first-order valence-corrected chi connectivity index (χ1v) is 21.6. The molecule has 14 nitrogen and oxygen atoms in total. The van der Waals surface area contributed by atoms with Crippen LogP contribution in [-0.2, 0) is 9.53 Å². The lowest BCUT2D eigenvalue weighted by molar-refractivity contribution is -0.120. The van der Waals surface area contributed by atoms with Gasteiger partial charge in [0.05, 0.1) is 23.0 Å². The van der Waals surface area contributed by atoms with Crippen molar-refractivity contribution < 1.29 is 24.2 Å². The van der Waals surface area contributed by atoms with Gasteiger partial charge in [-0.2, -0.15) is 0 Å². The van der Waals surface area contributed by atoms with Crippen LogP contribution < -0.4 is 27.4 Å². The molecule has 4 aromatic rings. The monoisotopic (exact) mass is 829 g/mol. The number of phenols is 1. The van der Waals surface area contributed by atoms with E-state index in [9.17, 15) is 19.5 Å². The number of nitrogens with two attached hydrogens (primary N) is 3. The van der Waals surface area contributed by atoms with Crippen LogP contribution >= 0.6 is 0 Å². The number of likely N-dealkylation sites (tertiary alicyclic amines) is 2. The lowest BCUT2D eigenvalue weighted by Crippen LogP contribution is -2.49. The SMILES string of the molecule is Cc1cc(C(=O)N2CCC(CN3CCC(n4c(C)cc5c(N6CCC(=O)NC6=O)cccc54)CC3)CC2)ccc1C1CN(C(/C=C(\N)c2ccccc2O)=C(N)N)C[C@@H](C)O1. The van der Waals surface area contributed by atoms with Crippen LogP contribution in [0.15, 0.2) is 84.3 Å². The number of aromatic nitrogens is 1.